The van der Waals surface area contributed by atoms with Crippen LogP contribution in [0, 0.1) is 11.3 Å². The number of benzene rings is 1. The number of aromatic amines is 1. The van der Waals surface area contributed by atoms with Crippen molar-refractivity contribution in [3.05, 3.63) is 41.9 Å². The molecule has 102 valence electrons. The van der Waals surface area contributed by atoms with E-state index in [1.54, 1.807) is 0 Å². The number of rotatable bonds is 3. The summed E-state index contributed by atoms with van der Waals surface area (Å²) >= 11 is 0. The summed E-state index contributed by atoms with van der Waals surface area (Å²) in [5, 5.41) is 24.3. The molecule has 0 bridgehead atoms. The largest absolute Gasteiger partial charge is 0.416 e. The summed E-state index contributed by atoms with van der Waals surface area (Å²) in [6.45, 7) is 0. The summed E-state index contributed by atoms with van der Waals surface area (Å²) in [7, 11) is 0. The molecule has 0 radical (unpaired) electrons. The highest BCUT2D eigenvalue weighted by Crippen LogP contribution is 2.29. The van der Waals surface area contributed by atoms with E-state index in [0.29, 0.717) is 5.69 Å². The van der Waals surface area contributed by atoms with E-state index in [-0.39, 0.29) is 11.4 Å². The van der Waals surface area contributed by atoms with Gasteiger partial charge in [0.1, 0.15) is 11.6 Å². The van der Waals surface area contributed by atoms with Gasteiger partial charge in [0.2, 0.25) is 5.82 Å². The predicted molar refractivity (Wildman–Crippen MR) is 62.8 cm³/mol. The van der Waals surface area contributed by atoms with Crippen LogP contribution in [-0.2, 0) is 6.18 Å². The summed E-state index contributed by atoms with van der Waals surface area (Å²) in [4.78, 5) is 0. The number of nitrogens with zero attached hydrogens (tertiary/aromatic N) is 4. The molecule has 2 rings (SSSR count). The van der Waals surface area contributed by atoms with Crippen molar-refractivity contribution in [1.29, 1.82) is 5.26 Å². The molecule has 0 spiro atoms. The highest BCUT2D eigenvalue weighted by Gasteiger charge is 2.29. The van der Waals surface area contributed by atoms with E-state index in [2.05, 4.69) is 25.9 Å². The summed E-state index contributed by atoms with van der Waals surface area (Å²) in [6.07, 6.45) is -3.09. The SMILES string of the molecule is N#CC(=CNc1ccc(C(F)(F)F)cc1)c1nn[nH]n1. The van der Waals surface area contributed by atoms with Gasteiger partial charge in [-0.1, -0.05) is 0 Å². The number of anilines is 1. The fourth-order valence-electron chi connectivity index (χ4n) is 1.33. The van der Waals surface area contributed by atoms with Gasteiger partial charge in [0.25, 0.3) is 0 Å². The van der Waals surface area contributed by atoms with Crippen LogP contribution in [0.3, 0.4) is 0 Å². The molecule has 0 aliphatic carbocycles. The molecule has 2 N–H and O–H groups in total. The number of tetrazole rings is 1. The molecule has 0 unspecified atom stereocenters. The van der Waals surface area contributed by atoms with Crippen LogP contribution in [0.15, 0.2) is 30.5 Å². The van der Waals surface area contributed by atoms with Gasteiger partial charge in [-0.25, -0.2) is 0 Å². The Hall–Kier alpha value is -2.89. The highest BCUT2D eigenvalue weighted by molar-refractivity contribution is 5.73. The Bertz CT molecular complexity index is 636. The molecule has 1 aromatic heterocycles. The molecule has 6 nitrogen and oxygen atoms in total. The van der Waals surface area contributed by atoms with Crippen molar-refractivity contribution in [2.24, 2.45) is 0 Å². The quantitative estimate of drug-likeness (QED) is 0.841. The minimum absolute atomic E-state index is 0.0897. The third kappa shape index (κ3) is 3.11. The number of hydrogen-bond acceptors (Lipinski definition) is 5. The summed E-state index contributed by atoms with van der Waals surface area (Å²) in [6, 6.07) is 6.24. The van der Waals surface area contributed by atoms with Crippen LogP contribution >= 0.6 is 0 Å². The van der Waals surface area contributed by atoms with Crippen molar-refractivity contribution in [1.82, 2.24) is 20.6 Å². The number of nitriles is 1. The minimum atomic E-state index is -4.38. The highest BCUT2D eigenvalue weighted by atomic mass is 19.4. The van der Waals surface area contributed by atoms with E-state index in [0.717, 1.165) is 12.1 Å². The van der Waals surface area contributed by atoms with Crippen LogP contribution in [-0.4, -0.2) is 20.6 Å². The summed E-state index contributed by atoms with van der Waals surface area (Å²) in [5.41, 5.74) is -0.251. The number of halogens is 3. The van der Waals surface area contributed by atoms with E-state index in [1.807, 2.05) is 6.07 Å². The Labute approximate surface area is 110 Å². The summed E-state index contributed by atoms with van der Waals surface area (Å²) < 4.78 is 37.1. The second-order valence-electron chi connectivity index (χ2n) is 3.62. The maximum absolute atomic E-state index is 12.4. The molecule has 9 heteroatoms. The molecule has 0 amide bonds. The first-order valence-corrected chi connectivity index (χ1v) is 5.28. The molecule has 0 saturated carbocycles. The van der Waals surface area contributed by atoms with Crippen LogP contribution in [0.1, 0.15) is 11.4 Å². The Morgan fingerprint density at radius 2 is 2.00 bits per heavy atom. The number of H-pyrrole nitrogens is 1. The zero-order chi connectivity index (χ0) is 14.6. The molecular formula is C11H7F3N6. The van der Waals surface area contributed by atoms with Gasteiger partial charge in [0, 0.05) is 11.9 Å². The van der Waals surface area contributed by atoms with Gasteiger partial charge in [-0.05, 0) is 29.5 Å². The maximum Gasteiger partial charge on any atom is 0.416 e. The van der Waals surface area contributed by atoms with Crippen LogP contribution < -0.4 is 5.32 Å². The average Bonchev–Trinajstić information content (AvgIpc) is 2.93. The van der Waals surface area contributed by atoms with Gasteiger partial charge in [-0.15, -0.1) is 10.2 Å². The lowest BCUT2D eigenvalue weighted by molar-refractivity contribution is -0.137. The van der Waals surface area contributed by atoms with Gasteiger partial charge in [0.05, 0.1) is 5.56 Å². The number of alkyl halides is 3. The Morgan fingerprint density at radius 3 is 2.50 bits per heavy atom. The standard InChI is InChI=1S/C11H7F3N6/c12-11(13,14)8-1-3-9(4-2-8)16-6-7(5-15)10-17-19-20-18-10/h1-4,6,16H,(H,17,18,19,20). The van der Waals surface area contributed by atoms with Crippen molar-refractivity contribution >= 4 is 11.3 Å². The zero-order valence-electron chi connectivity index (χ0n) is 9.81. The third-order valence-corrected chi connectivity index (χ3v) is 2.30. The van der Waals surface area contributed by atoms with E-state index in [1.165, 1.54) is 18.3 Å². The Kier molecular flexibility index (Phi) is 3.65. The summed E-state index contributed by atoms with van der Waals surface area (Å²) in [5.74, 6) is 0.0897. The minimum Gasteiger partial charge on any atom is -0.360 e. The van der Waals surface area contributed by atoms with Crippen molar-refractivity contribution in [3.8, 4) is 6.07 Å². The van der Waals surface area contributed by atoms with Crippen molar-refractivity contribution in [2.45, 2.75) is 6.18 Å². The second kappa shape index (κ2) is 5.40. The lowest BCUT2D eigenvalue weighted by atomic mass is 10.2. The first-order chi connectivity index (χ1) is 9.50. The number of allylic oxidation sites excluding steroid dienone is 1. The molecule has 1 aromatic carbocycles. The lowest BCUT2D eigenvalue weighted by Crippen LogP contribution is -2.04. The molecule has 20 heavy (non-hydrogen) atoms. The van der Waals surface area contributed by atoms with E-state index in [4.69, 9.17) is 5.26 Å². The van der Waals surface area contributed by atoms with Gasteiger partial charge in [-0.2, -0.15) is 23.6 Å². The van der Waals surface area contributed by atoms with E-state index < -0.39 is 11.7 Å². The van der Waals surface area contributed by atoms with Crippen LogP contribution in [0.2, 0.25) is 0 Å². The van der Waals surface area contributed by atoms with Crippen LogP contribution in [0.4, 0.5) is 18.9 Å². The van der Waals surface area contributed by atoms with E-state index >= 15 is 0 Å². The predicted octanol–water partition coefficient (Wildman–Crippen LogP) is 2.20. The molecule has 0 aliphatic heterocycles. The second-order valence-corrected chi connectivity index (χ2v) is 3.62. The number of aromatic nitrogens is 4. The monoisotopic (exact) mass is 280 g/mol. The first kappa shape index (κ1) is 13.5. The molecule has 2 aromatic rings. The maximum atomic E-state index is 12.4. The van der Waals surface area contributed by atoms with Crippen molar-refractivity contribution in [2.75, 3.05) is 5.32 Å². The molecule has 0 atom stereocenters. The third-order valence-electron chi connectivity index (χ3n) is 2.30. The van der Waals surface area contributed by atoms with Gasteiger partial charge in [-0.3, -0.25) is 0 Å². The lowest BCUT2D eigenvalue weighted by Gasteiger charge is -2.07. The topological polar surface area (TPSA) is 90.3 Å². The molecule has 0 saturated heterocycles. The average molecular weight is 280 g/mol. The smallest absolute Gasteiger partial charge is 0.360 e. The van der Waals surface area contributed by atoms with Crippen molar-refractivity contribution in [3.63, 3.8) is 0 Å². The molecule has 1 heterocycles. The Balaban J connectivity index is 2.13. The fraction of sp³-hybridized carbons (Fsp3) is 0.0909. The zero-order valence-corrected chi connectivity index (χ0v) is 9.81. The van der Waals surface area contributed by atoms with E-state index in [9.17, 15) is 13.2 Å². The van der Waals surface area contributed by atoms with Gasteiger partial charge in [0.15, 0.2) is 0 Å². The van der Waals surface area contributed by atoms with Crippen LogP contribution in [0.5, 0.6) is 0 Å². The molecule has 0 fully saturated rings. The van der Waals surface area contributed by atoms with Crippen LogP contribution in [0.25, 0.3) is 5.57 Å². The number of hydrogen-bond donors (Lipinski definition) is 2. The normalized spacial score (nSPS) is 12.0. The van der Waals surface area contributed by atoms with Gasteiger partial charge >= 0.3 is 6.18 Å². The number of nitrogens with one attached hydrogen (secondary N) is 2. The van der Waals surface area contributed by atoms with Crippen molar-refractivity contribution < 1.29 is 13.2 Å². The molecular weight excluding hydrogens is 273 g/mol. The molecule has 0 aliphatic rings. The fourth-order valence-corrected chi connectivity index (χ4v) is 1.33. The first-order valence-electron chi connectivity index (χ1n) is 5.28. The Morgan fingerprint density at radius 1 is 1.30 bits per heavy atom. The van der Waals surface area contributed by atoms with Gasteiger partial charge < -0.3 is 5.32 Å².